The molecule has 3 nitrogen and oxygen atoms in total. The molecular weight excluding hydrogens is 188 g/mol. The fraction of sp³-hybridized carbons (Fsp3) is 0.500. The summed E-state index contributed by atoms with van der Waals surface area (Å²) >= 11 is 0. The number of piperidine rings is 1. The lowest BCUT2D eigenvalue weighted by Crippen LogP contribution is -2.38. The predicted molar refractivity (Wildman–Crippen MR) is 60.9 cm³/mol. The van der Waals surface area contributed by atoms with Gasteiger partial charge in [-0.05, 0) is 43.1 Å². The SMILES string of the molecule is NCC1CCNCC1c1cccc(O)c1. The molecule has 2 rings (SSSR count). The van der Waals surface area contributed by atoms with Crippen molar-refractivity contribution < 1.29 is 5.11 Å². The van der Waals surface area contributed by atoms with E-state index in [1.807, 2.05) is 12.1 Å². The Labute approximate surface area is 90.3 Å². The van der Waals surface area contributed by atoms with Gasteiger partial charge in [0, 0.05) is 12.5 Å². The van der Waals surface area contributed by atoms with Crippen molar-refractivity contribution in [1.29, 1.82) is 0 Å². The Hall–Kier alpha value is -1.06. The second-order valence-corrected chi connectivity index (χ2v) is 4.19. The van der Waals surface area contributed by atoms with Gasteiger partial charge in [-0.15, -0.1) is 0 Å². The molecule has 82 valence electrons. The number of hydrogen-bond acceptors (Lipinski definition) is 3. The van der Waals surface area contributed by atoms with E-state index in [2.05, 4.69) is 11.4 Å². The van der Waals surface area contributed by atoms with Crippen LogP contribution in [0.5, 0.6) is 5.75 Å². The molecule has 0 saturated carbocycles. The molecule has 1 heterocycles. The number of phenols is 1. The van der Waals surface area contributed by atoms with Gasteiger partial charge in [0.15, 0.2) is 0 Å². The highest BCUT2D eigenvalue weighted by Crippen LogP contribution is 2.30. The van der Waals surface area contributed by atoms with Crippen LogP contribution in [0.15, 0.2) is 24.3 Å². The molecule has 1 aromatic rings. The third-order valence-electron chi connectivity index (χ3n) is 3.23. The van der Waals surface area contributed by atoms with Crippen LogP contribution < -0.4 is 11.1 Å². The molecule has 0 aromatic heterocycles. The van der Waals surface area contributed by atoms with E-state index < -0.39 is 0 Å². The molecule has 0 radical (unpaired) electrons. The van der Waals surface area contributed by atoms with Gasteiger partial charge in [0.05, 0.1) is 0 Å². The normalized spacial score (nSPS) is 26.5. The van der Waals surface area contributed by atoms with Gasteiger partial charge < -0.3 is 16.2 Å². The largest absolute Gasteiger partial charge is 0.508 e. The van der Waals surface area contributed by atoms with Crippen molar-refractivity contribution in [2.75, 3.05) is 19.6 Å². The quantitative estimate of drug-likeness (QED) is 0.677. The minimum absolute atomic E-state index is 0.342. The maximum atomic E-state index is 9.45. The summed E-state index contributed by atoms with van der Waals surface area (Å²) in [6, 6.07) is 7.52. The number of rotatable bonds is 2. The molecule has 1 saturated heterocycles. The summed E-state index contributed by atoms with van der Waals surface area (Å²) in [5.74, 6) is 1.32. The molecule has 0 bridgehead atoms. The van der Waals surface area contributed by atoms with Crippen LogP contribution in [0.1, 0.15) is 17.9 Å². The van der Waals surface area contributed by atoms with Crippen molar-refractivity contribution in [3.05, 3.63) is 29.8 Å². The van der Waals surface area contributed by atoms with E-state index in [4.69, 9.17) is 5.73 Å². The summed E-state index contributed by atoms with van der Waals surface area (Å²) in [4.78, 5) is 0. The number of phenolic OH excluding ortho intramolecular Hbond substituents is 1. The minimum atomic E-state index is 0.342. The first-order chi connectivity index (χ1) is 7.31. The lowest BCUT2D eigenvalue weighted by molar-refractivity contribution is 0.330. The monoisotopic (exact) mass is 206 g/mol. The summed E-state index contributed by atoms with van der Waals surface area (Å²) < 4.78 is 0. The van der Waals surface area contributed by atoms with Gasteiger partial charge in [0.25, 0.3) is 0 Å². The summed E-state index contributed by atoms with van der Waals surface area (Å²) in [5, 5.41) is 12.8. The van der Waals surface area contributed by atoms with Crippen LogP contribution in [0.4, 0.5) is 0 Å². The Balaban J connectivity index is 2.20. The van der Waals surface area contributed by atoms with Crippen LogP contribution >= 0.6 is 0 Å². The first-order valence-electron chi connectivity index (χ1n) is 5.51. The topological polar surface area (TPSA) is 58.3 Å². The second kappa shape index (κ2) is 4.64. The summed E-state index contributed by atoms with van der Waals surface area (Å²) in [5.41, 5.74) is 6.97. The van der Waals surface area contributed by atoms with Gasteiger partial charge in [-0.1, -0.05) is 12.1 Å². The zero-order valence-corrected chi connectivity index (χ0v) is 8.82. The molecule has 0 spiro atoms. The second-order valence-electron chi connectivity index (χ2n) is 4.19. The third kappa shape index (κ3) is 2.30. The minimum Gasteiger partial charge on any atom is -0.508 e. The van der Waals surface area contributed by atoms with Gasteiger partial charge in [-0.2, -0.15) is 0 Å². The van der Waals surface area contributed by atoms with Crippen LogP contribution in [0.2, 0.25) is 0 Å². The summed E-state index contributed by atoms with van der Waals surface area (Å²) in [7, 11) is 0. The Morgan fingerprint density at radius 2 is 2.33 bits per heavy atom. The van der Waals surface area contributed by atoms with Crippen molar-refractivity contribution in [1.82, 2.24) is 5.32 Å². The molecule has 0 amide bonds. The molecular formula is C12H18N2O. The van der Waals surface area contributed by atoms with E-state index in [1.165, 1.54) is 5.56 Å². The highest BCUT2D eigenvalue weighted by molar-refractivity contribution is 5.30. The lowest BCUT2D eigenvalue weighted by atomic mass is 9.81. The van der Waals surface area contributed by atoms with E-state index in [0.29, 0.717) is 17.6 Å². The van der Waals surface area contributed by atoms with Crippen molar-refractivity contribution in [3.8, 4) is 5.75 Å². The van der Waals surface area contributed by atoms with Gasteiger partial charge >= 0.3 is 0 Å². The van der Waals surface area contributed by atoms with Gasteiger partial charge in [-0.25, -0.2) is 0 Å². The van der Waals surface area contributed by atoms with Crippen LogP contribution in [0.3, 0.4) is 0 Å². The van der Waals surface area contributed by atoms with Crippen molar-refractivity contribution in [2.45, 2.75) is 12.3 Å². The maximum absolute atomic E-state index is 9.45. The predicted octanol–water partition coefficient (Wildman–Crippen LogP) is 1.04. The molecule has 1 aliphatic heterocycles. The zero-order chi connectivity index (χ0) is 10.7. The molecule has 2 unspecified atom stereocenters. The highest BCUT2D eigenvalue weighted by atomic mass is 16.3. The maximum Gasteiger partial charge on any atom is 0.115 e. The Morgan fingerprint density at radius 1 is 1.47 bits per heavy atom. The van der Waals surface area contributed by atoms with Crippen LogP contribution in [-0.2, 0) is 0 Å². The number of hydrogen-bond donors (Lipinski definition) is 3. The molecule has 3 heteroatoms. The fourth-order valence-electron chi connectivity index (χ4n) is 2.34. The van der Waals surface area contributed by atoms with E-state index >= 15 is 0 Å². The van der Waals surface area contributed by atoms with Gasteiger partial charge in [-0.3, -0.25) is 0 Å². The zero-order valence-electron chi connectivity index (χ0n) is 8.82. The van der Waals surface area contributed by atoms with Gasteiger partial charge in [0.1, 0.15) is 5.75 Å². The Bertz CT molecular complexity index is 327. The molecule has 0 aliphatic carbocycles. The van der Waals surface area contributed by atoms with E-state index in [-0.39, 0.29) is 0 Å². The van der Waals surface area contributed by atoms with Crippen LogP contribution in [0, 0.1) is 5.92 Å². The molecule has 2 atom stereocenters. The van der Waals surface area contributed by atoms with Crippen molar-refractivity contribution in [2.24, 2.45) is 11.7 Å². The van der Waals surface area contributed by atoms with Gasteiger partial charge in [0.2, 0.25) is 0 Å². The molecule has 4 N–H and O–H groups in total. The number of nitrogens with two attached hydrogens (primary N) is 1. The fourth-order valence-corrected chi connectivity index (χ4v) is 2.34. The van der Waals surface area contributed by atoms with E-state index in [9.17, 15) is 5.11 Å². The smallest absolute Gasteiger partial charge is 0.115 e. The molecule has 1 aliphatic rings. The molecule has 1 fully saturated rings. The number of benzene rings is 1. The van der Waals surface area contributed by atoms with Crippen LogP contribution in [0.25, 0.3) is 0 Å². The number of aromatic hydroxyl groups is 1. The first-order valence-corrected chi connectivity index (χ1v) is 5.51. The van der Waals surface area contributed by atoms with Crippen molar-refractivity contribution >= 4 is 0 Å². The average molecular weight is 206 g/mol. The van der Waals surface area contributed by atoms with Crippen LogP contribution in [-0.4, -0.2) is 24.7 Å². The molecule has 1 aromatic carbocycles. The first kappa shape index (κ1) is 10.5. The molecule has 15 heavy (non-hydrogen) atoms. The third-order valence-corrected chi connectivity index (χ3v) is 3.23. The average Bonchev–Trinajstić information content (AvgIpc) is 2.29. The Kier molecular flexibility index (Phi) is 3.23. The summed E-state index contributed by atoms with van der Waals surface area (Å²) in [6.45, 7) is 2.74. The van der Waals surface area contributed by atoms with E-state index in [1.54, 1.807) is 6.07 Å². The summed E-state index contributed by atoms with van der Waals surface area (Å²) in [6.07, 6.45) is 1.12. The highest BCUT2D eigenvalue weighted by Gasteiger charge is 2.25. The Morgan fingerprint density at radius 3 is 3.07 bits per heavy atom. The van der Waals surface area contributed by atoms with Crippen molar-refractivity contribution in [3.63, 3.8) is 0 Å². The van der Waals surface area contributed by atoms with E-state index in [0.717, 1.165) is 26.1 Å². The lowest BCUT2D eigenvalue weighted by Gasteiger charge is -2.31. The number of nitrogens with one attached hydrogen (secondary N) is 1. The standard InChI is InChI=1S/C12H18N2O/c13-7-10-4-5-14-8-12(10)9-2-1-3-11(15)6-9/h1-3,6,10,12,14-15H,4-5,7-8,13H2.